The molecule has 0 spiro atoms. The van der Waals surface area contributed by atoms with Gasteiger partial charge in [0, 0.05) is 24.6 Å². The summed E-state index contributed by atoms with van der Waals surface area (Å²) in [5, 5.41) is 9.04. The van der Waals surface area contributed by atoms with E-state index in [0.717, 1.165) is 12.8 Å². The van der Waals surface area contributed by atoms with Crippen LogP contribution in [0.2, 0.25) is 0 Å². The number of nitriles is 1. The Morgan fingerprint density at radius 2 is 2.03 bits per heavy atom. The first-order chi connectivity index (χ1) is 15.5. The molecule has 2 bridgehead atoms. The third kappa shape index (κ3) is 3.94. The third-order valence-electron chi connectivity index (χ3n) is 7.40. The highest BCUT2D eigenvalue weighted by Crippen LogP contribution is 2.53. The van der Waals surface area contributed by atoms with Crippen LogP contribution in [0.25, 0.3) is 0 Å². The molecule has 166 valence electrons. The van der Waals surface area contributed by atoms with Crippen LogP contribution in [-0.2, 0) is 4.79 Å². The molecule has 32 heavy (non-hydrogen) atoms. The van der Waals surface area contributed by atoms with E-state index in [-0.39, 0.29) is 36.5 Å². The van der Waals surface area contributed by atoms with Gasteiger partial charge in [-0.15, -0.1) is 0 Å². The van der Waals surface area contributed by atoms with E-state index in [0.29, 0.717) is 41.9 Å². The average Bonchev–Trinajstić information content (AvgIpc) is 3.18. The fourth-order valence-electron chi connectivity index (χ4n) is 5.66. The van der Waals surface area contributed by atoms with Gasteiger partial charge in [0.05, 0.1) is 30.8 Å². The SMILES string of the molecule is N#Cc1ccnc(OCC2C[C@H](C(=O)N3CC(F)CC3c3cccc(F)c3)C3CC2C3)c1. The summed E-state index contributed by atoms with van der Waals surface area (Å²) in [4.78, 5) is 19.3. The number of carbonyl (C=O) groups is 1. The number of rotatable bonds is 5. The zero-order valence-corrected chi connectivity index (χ0v) is 17.7. The molecule has 0 N–H and O–H groups in total. The van der Waals surface area contributed by atoms with Crippen molar-refractivity contribution in [1.82, 2.24) is 9.88 Å². The van der Waals surface area contributed by atoms with E-state index in [1.54, 1.807) is 35.4 Å². The van der Waals surface area contributed by atoms with Gasteiger partial charge in [-0.2, -0.15) is 5.26 Å². The highest BCUT2D eigenvalue weighted by molar-refractivity contribution is 5.80. The quantitative estimate of drug-likeness (QED) is 0.693. The van der Waals surface area contributed by atoms with Crippen LogP contribution in [0, 0.1) is 40.8 Å². The number of hydrogen-bond donors (Lipinski definition) is 0. The van der Waals surface area contributed by atoms with Crippen LogP contribution in [0.5, 0.6) is 5.88 Å². The molecule has 2 aromatic rings. The summed E-state index contributed by atoms with van der Waals surface area (Å²) >= 11 is 0. The highest BCUT2D eigenvalue weighted by Gasteiger charge is 2.51. The first-order valence-corrected chi connectivity index (χ1v) is 11.2. The summed E-state index contributed by atoms with van der Waals surface area (Å²) in [6.45, 7) is 0.515. The summed E-state index contributed by atoms with van der Waals surface area (Å²) < 4.78 is 34.0. The number of hydrogen-bond acceptors (Lipinski definition) is 4. The first-order valence-electron chi connectivity index (χ1n) is 11.2. The van der Waals surface area contributed by atoms with E-state index in [1.807, 2.05) is 0 Å². The maximum atomic E-state index is 14.4. The Labute approximate surface area is 186 Å². The summed E-state index contributed by atoms with van der Waals surface area (Å²) in [7, 11) is 0. The number of aromatic nitrogens is 1. The lowest BCUT2D eigenvalue weighted by atomic mass is 9.55. The summed E-state index contributed by atoms with van der Waals surface area (Å²) in [5.74, 6) is 0.941. The second kappa shape index (κ2) is 8.50. The summed E-state index contributed by atoms with van der Waals surface area (Å²) in [6.07, 6.45) is 3.33. The summed E-state index contributed by atoms with van der Waals surface area (Å²) in [5.41, 5.74) is 1.15. The molecule has 4 fully saturated rings. The van der Waals surface area contributed by atoms with E-state index in [9.17, 15) is 13.6 Å². The molecule has 1 aliphatic heterocycles. The van der Waals surface area contributed by atoms with Crippen LogP contribution in [0.3, 0.4) is 0 Å². The Kier molecular flexibility index (Phi) is 5.54. The third-order valence-corrected chi connectivity index (χ3v) is 7.40. The van der Waals surface area contributed by atoms with Crippen molar-refractivity contribution in [2.24, 2.45) is 23.7 Å². The number of fused-ring (bicyclic) bond motifs is 2. The molecule has 3 saturated carbocycles. The van der Waals surface area contributed by atoms with Crippen LogP contribution in [-0.4, -0.2) is 35.1 Å². The molecule has 5 nitrogen and oxygen atoms in total. The van der Waals surface area contributed by atoms with Gasteiger partial charge in [-0.3, -0.25) is 4.79 Å². The van der Waals surface area contributed by atoms with E-state index in [2.05, 4.69) is 11.1 Å². The van der Waals surface area contributed by atoms with E-state index in [1.165, 1.54) is 12.1 Å². The van der Waals surface area contributed by atoms with Gasteiger partial charge < -0.3 is 9.64 Å². The van der Waals surface area contributed by atoms with Gasteiger partial charge >= 0.3 is 0 Å². The molecule has 1 aromatic carbocycles. The van der Waals surface area contributed by atoms with Crippen LogP contribution >= 0.6 is 0 Å². The van der Waals surface area contributed by atoms with Crippen molar-refractivity contribution in [3.8, 4) is 11.9 Å². The second-order valence-electron chi connectivity index (χ2n) is 9.29. The number of carbonyl (C=O) groups excluding carboxylic acids is 1. The zero-order valence-electron chi connectivity index (χ0n) is 17.7. The Morgan fingerprint density at radius 3 is 2.81 bits per heavy atom. The molecule has 3 aliphatic carbocycles. The topological polar surface area (TPSA) is 66.2 Å². The fourth-order valence-corrected chi connectivity index (χ4v) is 5.66. The van der Waals surface area contributed by atoms with Crippen molar-refractivity contribution in [3.63, 3.8) is 0 Å². The predicted octanol–water partition coefficient (Wildman–Crippen LogP) is 4.45. The number of pyridine rings is 1. The molecule has 2 heterocycles. The Morgan fingerprint density at radius 1 is 1.19 bits per heavy atom. The Balaban J connectivity index is 1.28. The Hall–Kier alpha value is -3.01. The van der Waals surface area contributed by atoms with Crippen molar-refractivity contribution in [2.45, 2.75) is 37.9 Å². The lowest BCUT2D eigenvalue weighted by Gasteiger charge is -2.51. The maximum Gasteiger partial charge on any atom is 0.226 e. The molecular formula is C25H25F2N3O2. The minimum atomic E-state index is -1.09. The first kappa shape index (κ1) is 20.9. The molecule has 4 aliphatic rings. The van der Waals surface area contributed by atoms with Crippen molar-refractivity contribution >= 4 is 5.91 Å². The fraction of sp³-hybridized carbons (Fsp3) is 0.480. The average molecular weight is 437 g/mol. The standard InChI is InChI=1S/C25H25F2N3O2/c26-20-3-1-2-16(9-20)23-11-21(27)13-30(23)25(31)22-10-19(17-7-18(22)8-17)14-32-24-6-15(12-28)4-5-29-24/h1-6,9,17-19,21-23H,7-8,10-11,13-14H2/t17?,18?,19?,21?,22-,23?/m0/s1. The van der Waals surface area contributed by atoms with Gasteiger partial charge in [-0.05, 0) is 60.8 Å². The minimum Gasteiger partial charge on any atom is -0.477 e. The molecule has 1 amide bonds. The second-order valence-corrected chi connectivity index (χ2v) is 9.29. The van der Waals surface area contributed by atoms with Crippen molar-refractivity contribution in [2.75, 3.05) is 13.2 Å². The molecule has 3 unspecified atom stereocenters. The van der Waals surface area contributed by atoms with Gasteiger partial charge in [0.2, 0.25) is 11.8 Å². The minimum absolute atomic E-state index is 0.0165. The lowest BCUT2D eigenvalue weighted by molar-refractivity contribution is -0.147. The van der Waals surface area contributed by atoms with E-state index < -0.39 is 12.2 Å². The number of halogens is 2. The number of benzene rings is 1. The number of amides is 1. The number of alkyl halides is 1. The van der Waals surface area contributed by atoms with Gasteiger partial charge in [0.25, 0.3) is 0 Å². The number of nitrogens with zero attached hydrogens (tertiary/aromatic N) is 3. The normalized spacial score (nSPS) is 31.0. The smallest absolute Gasteiger partial charge is 0.226 e. The van der Waals surface area contributed by atoms with Gasteiger partial charge in [-0.1, -0.05) is 12.1 Å². The Bertz CT molecular complexity index is 1050. The molecule has 1 saturated heterocycles. The largest absolute Gasteiger partial charge is 0.477 e. The van der Waals surface area contributed by atoms with Gasteiger partial charge in [0.1, 0.15) is 12.0 Å². The molecular weight excluding hydrogens is 412 g/mol. The number of likely N-dealkylation sites (tertiary alicyclic amines) is 1. The summed E-state index contributed by atoms with van der Waals surface area (Å²) in [6, 6.07) is 11.0. The van der Waals surface area contributed by atoms with Crippen LogP contribution in [0.15, 0.2) is 42.6 Å². The van der Waals surface area contributed by atoms with Crippen molar-refractivity contribution < 1.29 is 18.3 Å². The molecule has 7 heteroatoms. The predicted molar refractivity (Wildman–Crippen MR) is 113 cm³/mol. The highest BCUT2D eigenvalue weighted by atomic mass is 19.1. The molecule has 4 atom stereocenters. The molecule has 0 radical (unpaired) electrons. The van der Waals surface area contributed by atoms with Crippen molar-refractivity contribution in [1.29, 1.82) is 5.26 Å². The van der Waals surface area contributed by atoms with Gasteiger partial charge in [0.15, 0.2) is 0 Å². The molecule has 6 rings (SSSR count). The van der Waals surface area contributed by atoms with E-state index >= 15 is 0 Å². The van der Waals surface area contributed by atoms with Gasteiger partial charge in [-0.25, -0.2) is 13.8 Å². The van der Waals surface area contributed by atoms with Crippen LogP contribution < -0.4 is 4.74 Å². The van der Waals surface area contributed by atoms with Crippen LogP contribution in [0.4, 0.5) is 8.78 Å². The zero-order chi connectivity index (χ0) is 22.2. The van der Waals surface area contributed by atoms with Crippen LogP contribution in [0.1, 0.15) is 42.9 Å². The molecule has 1 aromatic heterocycles. The van der Waals surface area contributed by atoms with Crippen molar-refractivity contribution in [3.05, 3.63) is 59.5 Å². The van der Waals surface area contributed by atoms with E-state index in [4.69, 9.17) is 10.00 Å². The monoisotopic (exact) mass is 437 g/mol. The lowest BCUT2D eigenvalue weighted by Crippen LogP contribution is -2.50. The number of ether oxygens (including phenoxy) is 1. The maximum absolute atomic E-state index is 14.4.